The molecule has 1 aromatic carbocycles. The van der Waals surface area contributed by atoms with Crippen LogP contribution in [0, 0.1) is 5.82 Å². The molecule has 2 aromatic rings. The van der Waals surface area contributed by atoms with Gasteiger partial charge >= 0.3 is 0 Å². The van der Waals surface area contributed by atoms with Gasteiger partial charge in [0, 0.05) is 25.5 Å². The average Bonchev–Trinajstić information content (AvgIpc) is 3.23. The summed E-state index contributed by atoms with van der Waals surface area (Å²) in [5.74, 6) is -0.514. The molecule has 0 aliphatic carbocycles. The standard InChI is InChI=1S/C18H24FN3O2S/c1-21-10-4-5-17(21)18(22-11-2-3-12-22)13-20-25(23,24)14-15-6-8-16(19)9-7-15/h4-10,18,20H,2-3,11-14H2,1H3. The Kier molecular flexibility index (Phi) is 5.56. The third-order valence-corrected chi connectivity index (χ3v) is 5.99. The topological polar surface area (TPSA) is 54.3 Å². The Morgan fingerprint density at radius 3 is 2.44 bits per heavy atom. The van der Waals surface area contributed by atoms with Crippen LogP contribution >= 0.6 is 0 Å². The number of likely N-dealkylation sites (tertiary alicyclic amines) is 1. The first-order chi connectivity index (χ1) is 11.9. The van der Waals surface area contributed by atoms with Crippen LogP contribution in [0.3, 0.4) is 0 Å². The second-order valence-corrected chi connectivity index (χ2v) is 8.34. The fourth-order valence-corrected chi connectivity index (χ4v) is 4.50. The molecular formula is C18H24FN3O2S. The first kappa shape index (κ1) is 18.1. The van der Waals surface area contributed by atoms with Crippen LogP contribution in [0.5, 0.6) is 0 Å². The number of aryl methyl sites for hydroxylation is 1. The molecule has 1 aromatic heterocycles. The molecule has 1 atom stereocenters. The molecule has 3 rings (SSSR count). The number of nitrogens with zero attached hydrogens (tertiary/aromatic N) is 2. The first-order valence-corrected chi connectivity index (χ1v) is 10.2. The number of hydrogen-bond acceptors (Lipinski definition) is 3. The van der Waals surface area contributed by atoms with Crippen molar-refractivity contribution in [2.24, 2.45) is 7.05 Å². The van der Waals surface area contributed by atoms with Crippen LogP contribution in [0.1, 0.15) is 30.1 Å². The monoisotopic (exact) mass is 365 g/mol. The fraction of sp³-hybridized carbons (Fsp3) is 0.444. The van der Waals surface area contributed by atoms with Crippen LogP contribution in [-0.2, 0) is 22.8 Å². The minimum atomic E-state index is -3.48. The van der Waals surface area contributed by atoms with Crippen LogP contribution in [0.4, 0.5) is 4.39 Å². The number of aromatic nitrogens is 1. The molecule has 0 saturated carbocycles. The van der Waals surface area contributed by atoms with Gasteiger partial charge in [0.05, 0.1) is 11.8 Å². The molecule has 7 heteroatoms. The Balaban J connectivity index is 1.69. The van der Waals surface area contributed by atoms with Crippen LogP contribution < -0.4 is 4.72 Å². The highest BCUT2D eigenvalue weighted by molar-refractivity contribution is 7.88. The van der Waals surface area contributed by atoms with Crippen molar-refractivity contribution in [3.05, 3.63) is 59.7 Å². The molecule has 1 aliphatic heterocycles. The predicted molar refractivity (Wildman–Crippen MR) is 96.0 cm³/mol. The van der Waals surface area contributed by atoms with E-state index in [0.717, 1.165) is 31.6 Å². The second kappa shape index (κ2) is 7.68. The quantitative estimate of drug-likeness (QED) is 0.820. The summed E-state index contributed by atoms with van der Waals surface area (Å²) in [4.78, 5) is 2.33. The van der Waals surface area contributed by atoms with E-state index in [1.54, 1.807) is 0 Å². The largest absolute Gasteiger partial charge is 0.353 e. The minimum Gasteiger partial charge on any atom is -0.353 e. The zero-order chi connectivity index (χ0) is 17.9. The molecule has 1 saturated heterocycles. The van der Waals surface area contributed by atoms with Crippen LogP contribution in [-0.4, -0.2) is 37.5 Å². The van der Waals surface area contributed by atoms with Crippen LogP contribution in [0.15, 0.2) is 42.6 Å². The van der Waals surface area contributed by atoms with Crippen LogP contribution in [0.25, 0.3) is 0 Å². The number of halogens is 1. The van der Waals surface area contributed by atoms with E-state index in [9.17, 15) is 12.8 Å². The van der Waals surface area contributed by atoms with Crippen molar-refractivity contribution in [1.29, 1.82) is 0 Å². The van der Waals surface area contributed by atoms with E-state index in [0.29, 0.717) is 12.1 Å². The molecule has 1 N–H and O–H groups in total. The van der Waals surface area contributed by atoms with Gasteiger partial charge in [0.15, 0.2) is 0 Å². The van der Waals surface area contributed by atoms with E-state index in [4.69, 9.17) is 0 Å². The molecule has 136 valence electrons. The van der Waals surface area contributed by atoms with Crippen LogP contribution in [0.2, 0.25) is 0 Å². The average molecular weight is 365 g/mol. The Morgan fingerprint density at radius 2 is 1.84 bits per heavy atom. The van der Waals surface area contributed by atoms with Gasteiger partial charge in [-0.15, -0.1) is 0 Å². The Bertz CT molecular complexity index is 796. The third-order valence-electron chi connectivity index (χ3n) is 4.67. The van der Waals surface area contributed by atoms with Gasteiger partial charge in [-0.2, -0.15) is 0 Å². The lowest BCUT2D eigenvalue weighted by Crippen LogP contribution is -2.38. The summed E-state index contributed by atoms with van der Waals surface area (Å²) in [5, 5.41) is 0. The summed E-state index contributed by atoms with van der Waals surface area (Å²) in [6.07, 6.45) is 4.26. The molecule has 25 heavy (non-hydrogen) atoms. The van der Waals surface area contributed by atoms with Gasteiger partial charge in [0.25, 0.3) is 0 Å². The molecular weight excluding hydrogens is 341 g/mol. The Labute approximate surface area is 148 Å². The maximum absolute atomic E-state index is 13.0. The van der Waals surface area contributed by atoms with E-state index < -0.39 is 10.0 Å². The number of benzene rings is 1. The highest BCUT2D eigenvalue weighted by Gasteiger charge is 2.26. The van der Waals surface area contributed by atoms with Crippen molar-refractivity contribution in [3.8, 4) is 0 Å². The predicted octanol–water partition coefficient (Wildman–Crippen LogP) is 2.42. The molecule has 0 radical (unpaired) electrons. The van der Waals surface area contributed by atoms with Crippen molar-refractivity contribution < 1.29 is 12.8 Å². The molecule has 0 amide bonds. The number of rotatable bonds is 7. The van der Waals surface area contributed by atoms with Crippen molar-refractivity contribution in [2.75, 3.05) is 19.6 Å². The summed E-state index contributed by atoms with van der Waals surface area (Å²) in [7, 11) is -1.51. The number of sulfonamides is 1. The van der Waals surface area contributed by atoms with Gasteiger partial charge in [-0.1, -0.05) is 12.1 Å². The summed E-state index contributed by atoms with van der Waals surface area (Å²) < 4.78 is 42.6. The Hall–Kier alpha value is -1.70. The lowest BCUT2D eigenvalue weighted by atomic mass is 10.2. The lowest BCUT2D eigenvalue weighted by Gasteiger charge is -2.28. The summed E-state index contributed by atoms with van der Waals surface area (Å²) in [5.41, 5.74) is 1.68. The second-order valence-electron chi connectivity index (χ2n) is 6.54. The van der Waals surface area contributed by atoms with Crippen molar-refractivity contribution in [2.45, 2.75) is 24.6 Å². The first-order valence-electron chi connectivity index (χ1n) is 8.52. The summed E-state index contributed by atoms with van der Waals surface area (Å²) in [6, 6.07) is 9.60. The zero-order valence-corrected chi connectivity index (χ0v) is 15.2. The van der Waals surface area contributed by atoms with Gasteiger partial charge in [-0.3, -0.25) is 4.90 Å². The van der Waals surface area contributed by atoms with E-state index in [2.05, 4.69) is 9.62 Å². The van der Waals surface area contributed by atoms with Gasteiger partial charge < -0.3 is 4.57 Å². The minimum absolute atomic E-state index is 0.0190. The molecule has 1 aliphatic rings. The van der Waals surface area contributed by atoms with E-state index >= 15 is 0 Å². The molecule has 2 heterocycles. The van der Waals surface area contributed by atoms with Gasteiger partial charge in [0.2, 0.25) is 10.0 Å². The van der Waals surface area contributed by atoms with E-state index in [1.165, 1.54) is 24.3 Å². The smallest absolute Gasteiger partial charge is 0.215 e. The molecule has 0 bridgehead atoms. The van der Waals surface area contributed by atoms with Crippen molar-refractivity contribution >= 4 is 10.0 Å². The third kappa shape index (κ3) is 4.68. The maximum Gasteiger partial charge on any atom is 0.215 e. The van der Waals surface area contributed by atoms with Gasteiger partial charge in [0.1, 0.15) is 5.82 Å². The van der Waals surface area contributed by atoms with Gasteiger partial charge in [-0.05, 0) is 55.8 Å². The van der Waals surface area contributed by atoms with Gasteiger partial charge in [-0.25, -0.2) is 17.5 Å². The van der Waals surface area contributed by atoms with E-state index in [-0.39, 0.29) is 17.6 Å². The fourth-order valence-electron chi connectivity index (χ4n) is 3.35. The normalized spacial score (nSPS) is 17.0. The SMILES string of the molecule is Cn1cccc1C(CNS(=O)(=O)Cc1ccc(F)cc1)N1CCCC1. The lowest BCUT2D eigenvalue weighted by molar-refractivity contribution is 0.238. The maximum atomic E-state index is 13.0. The highest BCUT2D eigenvalue weighted by Crippen LogP contribution is 2.25. The van der Waals surface area contributed by atoms with Crippen molar-refractivity contribution in [3.63, 3.8) is 0 Å². The highest BCUT2D eigenvalue weighted by atomic mass is 32.2. The number of nitrogens with one attached hydrogen (secondary N) is 1. The molecule has 1 unspecified atom stereocenters. The molecule has 1 fully saturated rings. The number of hydrogen-bond donors (Lipinski definition) is 1. The molecule has 0 spiro atoms. The van der Waals surface area contributed by atoms with E-state index in [1.807, 2.05) is 29.9 Å². The Morgan fingerprint density at radius 1 is 1.16 bits per heavy atom. The summed E-state index contributed by atoms with van der Waals surface area (Å²) in [6.45, 7) is 2.30. The van der Waals surface area contributed by atoms with Crippen molar-refractivity contribution in [1.82, 2.24) is 14.2 Å². The zero-order valence-electron chi connectivity index (χ0n) is 14.4. The summed E-state index contributed by atoms with van der Waals surface area (Å²) >= 11 is 0. The molecule has 5 nitrogen and oxygen atoms in total.